The normalized spacial score (nSPS) is 12.2. The Morgan fingerprint density at radius 3 is 2.80 bits per heavy atom. The fraction of sp³-hybridized carbons (Fsp3) is 0.400. The van der Waals surface area contributed by atoms with Gasteiger partial charge in [0.25, 0.3) is 0 Å². The maximum absolute atomic E-state index is 5.61. The number of anilines is 1. The van der Waals surface area contributed by atoms with Crippen molar-refractivity contribution in [1.29, 1.82) is 0 Å². The number of nitrogens with two attached hydrogens (primary N) is 1. The predicted octanol–water partition coefficient (Wildman–Crippen LogP) is 2.68. The summed E-state index contributed by atoms with van der Waals surface area (Å²) in [6.45, 7) is 2.68. The average Bonchev–Trinajstić information content (AvgIpc) is 2.95. The molecule has 20 heavy (non-hydrogen) atoms. The van der Waals surface area contributed by atoms with Crippen molar-refractivity contribution in [2.24, 2.45) is 5.73 Å². The minimum absolute atomic E-state index is 0.336. The van der Waals surface area contributed by atoms with Gasteiger partial charge in [0.2, 0.25) is 0 Å². The highest BCUT2D eigenvalue weighted by atomic mass is 32.1. The summed E-state index contributed by atoms with van der Waals surface area (Å²) in [5, 5.41) is 3.02. The van der Waals surface area contributed by atoms with E-state index in [4.69, 9.17) is 10.5 Å². The molecule has 2 N–H and O–H groups in total. The van der Waals surface area contributed by atoms with Gasteiger partial charge in [-0.3, -0.25) is 0 Å². The molecule has 2 aromatic rings. The quantitative estimate of drug-likeness (QED) is 0.889. The number of nitrogens with zero attached hydrogens (tertiary/aromatic N) is 2. The van der Waals surface area contributed by atoms with Gasteiger partial charge in [-0.15, -0.1) is 11.3 Å². The van der Waals surface area contributed by atoms with Crippen molar-refractivity contribution in [3.8, 4) is 5.75 Å². The van der Waals surface area contributed by atoms with Crippen LogP contribution in [-0.4, -0.2) is 25.2 Å². The van der Waals surface area contributed by atoms with Gasteiger partial charge in [0.05, 0.1) is 12.8 Å². The molecule has 0 aliphatic rings. The van der Waals surface area contributed by atoms with Gasteiger partial charge >= 0.3 is 0 Å². The number of hydrogen-bond acceptors (Lipinski definition) is 5. The van der Waals surface area contributed by atoms with Crippen molar-refractivity contribution < 1.29 is 4.74 Å². The Balaban J connectivity index is 2.09. The van der Waals surface area contributed by atoms with Crippen LogP contribution in [0.1, 0.15) is 18.2 Å². The molecule has 0 amide bonds. The van der Waals surface area contributed by atoms with Crippen LogP contribution < -0.4 is 15.4 Å². The lowest BCUT2D eigenvalue weighted by Gasteiger charge is -2.25. The second kappa shape index (κ2) is 6.72. The Bertz CT molecular complexity index is 556. The maximum atomic E-state index is 5.61. The standard InChI is InChI=1S/C15H21N3OS/c1-11(8-12-6-4-5-7-14(12)19-3)18(2)15-17-13(9-16)10-20-15/h4-7,10-11H,8-9,16H2,1-3H3. The molecule has 0 fully saturated rings. The van der Waals surface area contributed by atoms with Crippen LogP contribution >= 0.6 is 11.3 Å². The number of ether oxygens (including phenoxy) is 1. The topological polar surface area (TPSA) is 51.4 Å². The van der Waals surface area contributed by atoms with Crippen LogP contribution in [-0.2, 0) is 13.0 Å². The van der Waals surface area contributed by atoms with Gasteiger partial charge in [-0.05, 0) is 25.0 Å². The predicted molar refractivity (Wildman–Crippen MR) is 84.6 cm³/mol. The van der Waals surface area contributed by atoms with Crippen LogP contribution in [0.15, 0.2) is 29.6 Å². The monoisotopic (exact) mass is 291 g/mol. The lowest BCUT2D eigenvalue weighted by atomic mass is 10.1. The molecule has 5 heteroatoms. The summed E-state index contributed by atoms with van der Waals surface area (Å²) >= 11 is 1.63. The molecule has 0 spiro atoms. The molecule has 1 aromatic carbocycles. The van der Waals surface area contributed by atoms with E-state index in [2.05, 4.69) is 29.9 Å². The zero-order chi connectivity index (χ0) is 14.5. The minimum atomic E-state index is 0.336. The van der Waals surface area contributed by atoms with Gasteiger partial charge in [-0.1, -0.05) is 18.2 Å². The molecule has 1 aromatic heterocycles. The van der Waals surface area contributed by atoms with Crippen LogP contribution in [0.2, 0.25) is 0 Å². The lowest BCUT2D eigenvalue weighted by molar-refractivity contribution is 0.408. The molecular formula is C15H21N3OS. The third kappa shape index (κ3) is 3.29. The van der Waals surface area contributed by atoms with Crippen LogP contribution in [0.25, 0.3) is 0 Å². The summed E-state index contributed by atoms with van der Waals surface area (Å²) in [6, 6.07) is 8.47. The van der Waals surface area contributed by atoms with E-state index >= 15 is 0 Å². The summed E-state index contributed by atoms with van der Waals surface area (Å²) in [4.78, 5) is 6.71. The van der Waals surface area contributed by atoms with E-state index in [1.807, 2.05) is 23.6 Å². The van der Waals surface area contributed by atoms with E-state index in [1.54, 1.807) is 18.4 Å². The Morgan fingerprint density at radius 1 is 1.40 bits per heavy atom. The smallest absolute Gasteiger partial charge is 0.185 e. The van der Waals surface area contributed by atoms with E-state index in [-0.39, 0.29) is 0 Å². The number of rotatable bonds is 6. The van der Waals surface area contributed by atoms with Gasteiger partial charge < -0.3 is 15.4 Å². The molecule has 2 rings (SSSR count). The molecule has 0 aliphatic carbocycles. The van der Waals surface area contributed by atoms with Gasteiger partial charge in [-0.25, -0.2) is 4.98 Å². The maximum Gasteiger partial charge on any atom is 0.185 e. The summed E-state index contributed by atoms with van der Waals surface area (Å²) in [5.74, 6) is 0.939. The number of methoxy groups -OCH3 is 1. The van der Waals surface area contributed by atoms with Crippen LogP contribution in [0.4, 0.5) is 5.13 Å². The fourth-order valence-corrected chi connectivity index (χ4v) is 2.97. The number of likely N-dealkylation sites (N-methyl/N-ethyl adjacent to an activating group) is 1. The molecule has 1 heterocycles. The van der Waals surface area contributed by atoms with E-state index < -0.39 is 0 Å². The molecule has 0 radical (unpaired) electrons. The number of thiazole rings is 1. The third-order valence-corrected chi connectivity index (χ3v) is 4.40. The van der Waals surface area contributed by atoms with E-state index in [1.165, 1.54) is 5.56 Å². The van der Waals surface area contributed by atoms with Crippen molar-refractivity contribution in [3.05, 3.63) is 40.9 Å². The fourth-order valence-electron chi connectivity index (χ4n) is 2.07. The largest absolute Gasteiger partial charge is 0.496 e. The van der Waals surface area contributed by atoms with Crippen LogP contribution in [0.5, 0.6) is 5.75 Å². The second-order valence-electron chi connectivity index (χ2n) is 4.80. The lowest BCUT2D eigenvalue weighted by Crippen LogP contribution is -2.30. The molecular weight excluding hydrogens is 270 g/mol. The molecule has 0 bridgehead atoms. The zero-order valence-corrected chi connectivity index (χ0v) is 13.0. The molecule has 1 unspecified atom stereocenters. The van der Waals surface area contributed by atoms with Gasteiger partial charge in [0.15, 0.2) is 5.13 Å². The van der Waals surface area contributed by atoms with Crippen molar-refractivity contribution >= 4 is 16.5 Å². The Kier molecular flexibility index (Phi) is 4.98. The van der Waals surface area contributed by atoms with Gasteiger partial charge in [-0.2, -0.15) is 0 Å². The molecule has 108 valence electrons. The number of aromatic nitrogens is 1. The highest BCUT2D eigenvalue weighted by Crippen LogP contribution is 2.25. The number of para-hydroxylation sites is 1. The van der Waals surface area contributed by atoms with Crippen molar-refractivity contribution in [2.45, 2.75) is 25.9 Å². The second-order valence-corrected chi connectivity index (χ2v) is 5.64. The molecule has 0 saturated heterocycles. The SMILES string of the molecule is COc1ccccc1CC(C)N(C)c1nc(CN)cs1. The van der Waals surface area contributed by atoms with Gasteiger partial charge in [0.1, 0.15) is 5.75 Å². The zero-order valence-electron chi connectivity index (χ0n) is 12.2. The molecule has 4 nitrogen and oxygen atoms in total. The van der Waals surface area contributed by atoms with E-state index in [0.717, 1.165) is 23.0 Å². The Morgan fingerprint density at radius 2 is 2.15 bits per heavy atom. The van der Waals surface area contributed by atoms with Gasteiger partial charge in [0, 0.05) is 25.0 Å². The first-order valence-electron chi connectivity index (χ1n) is 6.65. The number of benzene rings is 1. The van der Waals surface area contributed by atoms with Crippen LogP contribution in [0, 0.1) is 0 Å². The number of hydrogen-bond donors (Lipinski definition) is 1. The van der Waals surface area contributed by atoms with Crippen molar-refractivity contribution in [2.75, 3.05) is 19.1 Å². The van der Waals surface area contributed by atoms with Crippen LogP contribution in [0.3, 0.4) is 0 Å². The summed E-state index contributed by atoms with van der Waals surface area (Å²) < 4.78 is 5.41. The third-order valence-electron chi connectivity index (χ3n) is 3.42. The Hall–Kier alpha value is -1.59. The Labute approximate surface area is 124 Å². The minimum Gasteiger partial charge on any atom is -0.496 e. The summed E-state index contributed by atoms with van der Waals surface area (Å²) in [6.07, 6.45) is 0.915. The highest BCUT2D eigenvalue weighted by Gasteiger charge is 2.15. The first-order valence-corrected chi connectivity index (χ1v) is 7.53. The van der Waals surface area contributed by atoms with E-state index in [9.17, 15) is 0 Å². The first kappa shape index (κ1) is 14.8. The van der Waals surface area contributed by atoms with Crippen molar-refractivity contribution in [3.63, 3.8) is 0 Å². The molecule has 0 aliphatic heterocycles. The molecule has 1 atom stereocenters. The summed E-state index contributed by atoms with van der Waals surface area (Å²) in [5.41, 5.74) is 7.77. The van der Waals surface area contributed by atoms with Crippen molar-refractivity contribution in [1.82, 2.24) is 4.98 Å². The molecule has 0 saturated carbocycles. The summed E-state index contributed by atoms with van der Waals surface area (Å²) in [7, 11) is 3.78. The first-order chi connectivity index (χ1) is 9.65. The van der Waals surface area contributed by atoms with E-state index in [0.29, 0.717) is 12.6 Å². The highest BCUT2D eigenvalue weighted by molar-refractivity contribution is 7.13. The average molecular weight is 291 g/mol.